The first-order chi connectivity index (χ1) is 18.1. The Morgan fingerprint density at radius 3 is 2.63 bits per heavy atom. The van der Waals surface area contributed by atoms with Gasteiger partial charge in [0.25, 0.3) is 5.91 Å². The second-order valence-corrected chi connectivity index (χ2v) is 13.4. The van der Waals surface area contributed by atoms with Gasteiger partial charge in [-0.05, 0) is 82.0 Å². The van der Waals surface area contributed by atoms with Crippen LogP contribution in [-0.4, -0.2) is 58.3 Å². The van der Waals surface area contributed by atoms with Gasteiger partial charge in [-0.25, -0.2) is 4.68 Å². The van der Waals surface area contributed by atoms with Crippen molar-refractivity contribution in [2.75, 3.05) is 19.7 Å². The largest absolute Gasteiger partial charge is 0.477 e. The summed E-state index contributed by atoms with van der Waals surface area (Å²) in [5.41, 5.74) is 5.78. The molecule has 0 aromatic carbocycles. The second kappa shape index (κ2) is 11.0. The summed E-state index contributed by atoms with van der Waals surface area (Å²) in [6.45, 7) is 9.87. The minimum absolute atomic E-state index is 0.0774. The molecule has 2 heterocycles. The number of ether oxygens (including phenoxy) is 1. The number of aromatic nitrogens is 2. The Bertz CT molecular complexity index is 1040. The van der Waals surface area contributed by atoms with Crippen molar-refractivity contribution >= 4 is 18.0 Å². The van der Waals surface area contributed by atoms with Crippen molar-refractivity contribution in [3.63, 3.8) is 0 Å². The predicted molar refractivity (Wildman–Crippen MR) is 148 cm³/mol. The highest BCUT2D eigenvalue weighted by molar-refractivity contribution is 5.96. The highest BCUT2D eigenvalue weighted by atomic mass is 16.5. The second-order valence-electron chi connectivity index (χ2n) is 13.4. The molecule has 38 heavy (non-hydrogen) atoms. The third-order valence-electron chi connectivity index (χ3n) is 9.46. The van der Waals surface area contributed by atoms with Crippen LogP contribution < -0.4 is 15.8 Å². The number of amides is 2. The summed E-state index contributed by atoms with van der Waals surface area (Å²) in [6.07, 6.45) is 14.7. The Labute approximate surface area is 227 Å². The monoisotopic (exact) mass is 525 g/mol. The fourth-order valence-electron chi connectivity index (χ4n) is 7.41. The summed E-state index contributed by atoms with van der Waals surface area (Å²) in [7, 11) is 0. The first-order valence-electron chi connectivity index (χ1n) is 14.9. The van der Waals surface area contributed by atoms with Crippen molar-refractivity contribution in [2.45, 2.75) is 91.1 Å². The molecule has 0 spiro atoms. The van der Waals surface area contributed by atoms with E-state index in [0.717, 1.165) is 24.7 Å². The molecule has 3 aliphatic carbocycles. The molecule has 3 saturated carbocycles. The van der Waals surface area contributed by atoms with E-state index in [4.69, 9.17) is 10.5 Å². The smallest absolute Gasteiger partial charge is 0.258 e. The van der Waals surface area contributed by atoms with Crippen LogP contribution in [0, 0.1) is 35.0 Å². The number of nitrogens with two attached hydrogens (primary N) is 1. The fraction of sp³-hybridized carbons (Fsp3) is 0.767. The van der Waals surface area contributed by atoms with Crippen molar-refractivity contribution < 1.29 is 14.3 Å². The molecule has 1 saturated heterocycles. The Balaban J connectivity index is 1.32. The molecular weight excluding hydrogens is 478 g/mol. The molecule has 5 rings (SSSR count). The number of nitrogens with one attached hydrogen (secondary N) is 1. The molecule has 210 valence electrons. The van der Waals surface area contributed by atoms with Crippen LogP contribution >= 0.6 is 0 Å². The molecule has 5 unspecified atom stereocenters. The molecule has 3 N–H and O–H groups in total. The third kappa shape index (κ3) is 5.65. The highest BCUT2D eigenvalue weighted by Gasteiger charge is 2.49. The molecule has 3 bridgehead atoms. The summed E-state index contributed by atoms with van der Waals surface area (Å²) >= 11 is 0. The molecule has 4 aliphatic rings. The molecule has 0 radical (unpaired) electrons. The molecule has 5 atom stereocenters. The fourth-order valence-corrected chi connectivity index (χ4v) is 7.41. The number of carbonyl (C=O) groups is 2. The normalized spacial score (nSPS) is 29.7. The van der Waals surface area contributed by atoms with E-state index in [1.54, 1.807) is 17.1 Å². The predicted octanol–water partition coefficient (Wildman–Crippen LogP) is 4.31. The Morgan fingerprint density at radius 1 is 1.16 bits per heavy atom. The SMILES string of the molecule is CC(C)COc1c(C(=O)NC2C3CC4CCCC2C(C4)C3)cnn1/C=C/C(C)(C)C(=O)N1CCC(N)CC1. The molecule has 1 aromatic rings. The van der Waals surface area contributed by atoms with Crippen LogP contribution in [0.25, 0.3) is 6.20 Å². The van der Waals surface area contributed by atoms with E-state index in [1.165, 1.54) is 38.5 Å². The van der Waals surface area contributed by atoms with Gasteiger partial charge in [-0.1, -0.05) is 32.8 Å². The van der Waals surface area contributed by atoms with Crippen LogP contribution in [0.5, 0.6) is 5.88 Å². The number of hydrogen-bond acceptors (Lipinski definition) is 5. The van der Waals surface area contributed by atoms with Gasteiger partial charge in [-0.15, -0.1) is 0 Å². The van der Waals surface area contributed by atoms with Gasteiger partial charge in [0.1, 0.15) is 5.56 Å². The Morgan fingerprint density at radius 2 is 1.89 bits per heavy atom. The minimum Gasteiger partial charge on any atom is -0.477 e. The van der Waals surface area contributed by atoms with E-state index in [1.807, 2.05) is 24.8 Å². The van der Waals surface area contributed by atoms with Crippen LogP contribution in [0.1, 0.15) is 89.4 Å². The van der Waals surface area contributed by atoms with Crippen molar-refractivity contribution in [1.82, 2.24) is 20.0 Å². The van der Waals surface area contributed by atoms with Gasteiger partial charge in [0, 0.05) is 31.4 Å². The first kappa shape index (κ1) is 27.2. The van der Waals surface area contributed by atoms with Crippen LogP contribution in [0.2, 0.25) is 0 Å². The molecule has 1 aliphatic heterocycles. The maximum absolute atomic E-state index is 13.6. The maximum Gasteiger partial charge on any atom is 0.258 e. The number of carbonyl (C=O) groups excluding carboxylic acids is 2. The summed E-state index contributed by atoms with van der Waals surface area (Å²) in [5, 5.41) is 7.94. The van der Waals surface area contributed by atoms with Gasteiger partial charge in [0.2, 0.25) is 11.8 Å². The summed E-state index contributed by atoms with van der Waals surface area (Å²) in [5.74, 6) is 3.54. The first-order valence-corrected chi connectivity index (χ1v) is 14.9. The number of rotatable bonds is 8. The topological polar surface area (TPSA) is 102 Å². The van der Waals surface area contributed by atoms with Crippen LogP contribution in [0.15, 0.2) is 12.3 Å². The van der Waals surface area contributed by atoms with Gasteiger partial charge in [0.05, 0.1) is 18.2 Å². The van der Waals surface area contributed by atoms with Crippen molar-refractivity contribution in [2.24, 2.45) is 40.7 Å². The van der Waals surface area contributed by atoms with E-state index in [9.17, 15) is 9.59 Å². The zero-order valence-corrected chi connectivity index (χ0v) is 23.7. The lowest BCUT2D eigenvalue weighted by Crippen LogP contribution is -2.47. The van der Waals surface area contributed by atoms with Gasteiger partial charge < -0.3 is 20.7 Å². The average Bonchev–Trinajstić information content (AvgIpc) is 3.34. The van der Waals surface area contributed by atoms with E-state index < -0.39 is 5.41 Å². The zero-order valence-electron chi connectivity index (χ0n) is 23.7. The lowest BCUT2D eigenvalue weighted by atomic mass is 9.79. The number of fused-ring (bicyclic) bond motifs is 2. The Hall–Kier alpha value is -2.35. The van der Waals surface area contributed by atoms with E-state index in [2.05, 4.69) is 24.3 Å². The van der Waals surface area contributed by atoms with Crippen molar-refractivity contribution in [3.05, 3.63) is 17.8 Å². The van der Waals surface area contributed by atoms with E-state index in [0.29, 0.717) is 48.9 Å². The van der Waals surface area contributed by atoms with E-state index in [-0.39, 0.29) is 23.9 Å². The quantitative estimate of drug-likeness (QED) is 0.527. The zero-order chi connectivity index (χ0) is 27.0. The van der Waals surface area contributed by atoms with Gasteiger partial charge in [0.15, 0.2) is 0 Å². The van der Waals surface area contributed by atoms with Gasteiger partial charge in [-0.2, -0.15) is 5.10 Å². The lowest BCUT2D eigenvalue weighted by molar-refractivity contribution is -0.138. The minimum atomic E-state index is -0.718. The number of hydrogen-bond donors (Lipinski definition) is 2. The summed E-state index contributed by atoms with van der Waals surface area (Å²) < 4.78 is 7.77. The molecule has 8 heteroatoms. The van der Waals surface area contributed by atoms with E-state index >= 15 is 0 Å². The Kier molecular flexibility index (Phi) is 7.90. The molecule has 4 fully saturated rings. The number of nitrogens with zero attached hydrogens (tertiary/aromatic N) is 3. The van der Waals surface area contributed by atoms with Crippen molar-refractivity contribution in [1.29, 1.82) is 0 Å². The van der Waals surface area contributed by atoms with Crippen LogP contribution in [0.4, 0.5) is 0 Å². The third-order valence-corrected chi connectivity index (χ3v) is 9.46. The number of piperidine rings is 1. The van der Waals surface area contributed by atoms with Gasteiger partial charge in [-0.3, -0.25) is 9.59 Å². The standard InChI is InChI=1S/C30H47N5O3/c1-19(2)18-38-28-25(27(36)33-26-22-15-20-6-5-7-24(26)21(14-20)16-22)17-32-35(28)13-10-30(3,4)29(37)34-11-8-23(31)9-12-34/h10,13,17,19-24,26H,5-9,11-12,14-16,18,31H2,1-4H3,(H,33,36)/b13-10+. The average molecular weight is 526 g/mol. The van der Waals surface area contributed by atoms with Crippen molar-refractivity contribution in [3.8, 4) is 5.88 Å². The highest BCUT2D eigenvalue weighted by Crippen LogP contribution is 2.53. The maximum atomic E-state index is 13.6. The molecular formula is C30H47N5O3. The summed E-state index contributed by atoms with van der Waals surface area (Å²) in [6, 6.07) is 0.430. The molecule has 1 aromatic heterocycles. The molecule has 2 amide bonds. The lowest BCUT2D eigenvalue weighted by Gasteiger charge is -2.34. The number of likely N-dealkylation sites (tertiary alicyclic amines) is 1. The van der Waals surface area contributed by atoms with Gasteiger partial charge >= 0.3 is 0 Å². The molecule has 8 nitrogen and oxygen atoms in total. The summed E-state index contributed by atoms with van der Waals surface area (Å²) in [4.78, 5) is 28.8. The van der Waals surface area contributed by atoms with Crippen LogP contribution in [-0.2, 0) is 4.79 Å². The van der Waals surface area contributed by atoms with Crippen LogP contribution in [0.3, 0.4) is 0 Å².